The summed E-state index contributed by atoms with van der Waals surface area (Å²) < 4.78 is 7.52. The number of carbonyl (C=O) groups is 1. The molecule has 0 saturated carbocycles. The first-order valence-electron chi connectivity index (χ1n) is 9.51. The third-order valence-corrected chi connectivity index (χ3v) is 5.11. The molecular weight excluding hydrogens is 380 g/mol. The molecule has 0 spiro atoms. The average molecular weight is 400 g/mol. The Bertz CT molecular complexity index is 1190. The van der Waals surface area contributed by atoms with E-state index in [4.69, 9.17) is 20.7 Å². The van der Waals surface area contributed by atoms with Gasteiger partial charge in [0, 0.05) is 0 Å². The first kappa shape index (κ1) is 19.3. The van der Waals surface area contributed by atoms with E-state index in [1.165, 1.54) is 12.1 Å². The molecule has 0 bridgehead atoms. The highest BCUT2D eigenvalue weighted by Gasteiger charge is 2.37. The summed E-state index contributed by atoms with van der Waals surface area (Å²) in [5.41, 5.74) is 9.82. The van der Waals surface area contributed by atoms with Crippen molar-refractivity contribution in [2.75, 3.05) is 0 Å². The number of allylic oxidation sites excluding steroid dienone is 1. The van der Waals surface area contributed by atoms with Crippen molar-refractivity contribution in [3.63, 3.8) is 0 Å². The molecule has 0 saturated heterocycles. The molecule has 0 aliphatic carbocycles. The van der Waals surface area contributed by atoms with Crippen molar-refractivity contribution in [2.24, 2.45) is 5.73 Å². The second-order valence-electron chi connectivity index (χ2n) is 7.36. The fourth-order valence-corrected chi connectivity index (χ4v) is 3.69. The Morgan fingerprint density at radius 1 is 1.20 bits per heavy atom. The van der Waals surface area contributed by atoms with E-state index in [9.17, 15) is 10.1 Å². The Kier molecular flexibility index (Phi) is 4.76. The van der Waals surface area contributed by atoms with Gasteiger partial charge < -0.3 is 15.6 Å². The van der Waals surface area contributed by atoms with Crippen LogP contribution in [0.4, 0.5) is 0 Å². The van der Waals surface area contributed by atoms with E-state index in [1.807, 2.05) is 44.2 Å². The lowest BCUT2D eigenvalue weighted by atomic mass is 9.82. The van der Waals surface area contributed by atoms with Gasteiger partial charge in [0.15, 0.2) is 0 Å². The number of hydrogen-bond donors (Lipinski definition) is 2. The van der Waals surface area contributed by atoms with Gasteiger partial charge in [0.25, 0.3) is 0 Å². The van der Waals surface area contributed by atoms with Crippen molar-refractivity contribution in [1.82, 2.24) is 9.78 Å². The molecule has 150 valence electrons. The first-order chi connectivity index (χ1) is 14.4. The minimum absolute atomic E-state index is 0.0393. The standard InChI is InChI=1S/C23H20N4O3/c1-13(2)20-19-18(14-6-4-3-5-7-14)17(12-24)21(25)30-22(19)27(26-20)16-10-8-15(9-11-16)23(28)29/h3-11,13,18H,25H2,1-2H3,(H,28,29). The molecule has 7 heteroatoms. The molecular formula is C23H20N4O3. The quantitative estimate of drug-likeness (QED) is 0.686. The molecule has 2 aromatic carbocycles. The zero-order chi connectivity index (χ0) is 21.4. The van der Waals surface area contributed by atoms with Crippen LogP contribution in [0.5, 0.6) is 5.88 Å². The van der Waals surface area contributed by atoms with E-state index in [0.29, 0.717) is 17.1 Å². The van der Waals surface area contributed by atoms with Crippen molar-refractivity contribution in [2.45, 2.75) is 25.7 Å². The molecule has 4 rings (SSSR count). The van der Waals surface area contributed by atoms with Gasteiger partial charge in [0.2, 0.25) is 11.8 Å². The fraction of sp³-hybridized carbons (Fsp3) is 0.174. The van der Waals surface area contributed by atoms with Crippen LogP contribution < -0.4 is 10.5 Å². The number of benzene rings is 2. The highest BCUT2D eigenvalue weighted by molar-refractivity contribution is 5.87. The molecule has 0 fully saturated rings. The molecule has 1 aliphatic rings. The largest absolute Gasteiger partial charge is 0.478 e. The van der Waals surface area contributed by atoms with Crippen molar-refractivity contribution in [3.05, 3.63) is 88.4 Å². The smallest absolute Gasteiger partial charge is 0.335 e. The Labute approximate surface area is 173 Å². The molecule has 3 aromatic rings. The minimum Gasteiger partial charge on any atom is -0.478 e. The predicted molar refractivity (Wildman–Crippen MR) is 110 cm³/mol. The van der Waals surface area contributed by atoms with Gasteiger partial charge in [-0.2, -0.15) is 10.4 Å². The van der Waals surface area contributed by atoms with E-state index in [2.05, 4.69) is 6.07 Å². The molecule has 1 atom stereocenters. The van der Waals surface area contributed by atoms with Gasteiger partial charge in [-0.15, -0.1) is 0 Å². The number of carboxylic acids is 1. The molecule has 1 aromatic heterocycles. The molecule has 1 unspecified atom stereocenters. The number of nitriles is 1. The third-order valence-electron chi connectivity index (χ3n) is 5.11. The average Bonchev–Trinajstić information content (AvgIpc) is 3.12. The number of aromatic carboxylic acids is 1. The van der Waals surface area contributed by atoms with Crippen LogP contribution in [0.15, 0.2) is 66.1 Å². The summed E-state index contributed by atoms with van der Waals surface area (Å²) in [7, 11) is 0. The summed E-state index contributed by atoms with van der Waals surface area (Å²) in [6, 6.07) is 18.2. The van der Waals surface area contributed by atoms with Crippen molar-refractivity contribution >= 4 is 5.97 Å². The molecule has 1 aliphatic heterocycles. The Hall–Kier alpha value is -4.05. The molecule has 7 nitrogen and oxygen atoms in total. The Morgan fingerprint density at radius 2 is 1.87 bits per heavy atom. The van der Waals surface area contributed by atoms with Gasteiger partial charge in [0.1, 0.15) is 11.6 Å². The van der Waals surface area contributed by atoms with E-state index in [1.54, 1.807) is 16.8 Å². The second-order valence-corrected chi connectivity index (χ2v) is 7.36. The SMILES string of the molecule is CC(C)c1nn(-c2ccc(C(=O)O)cc2)c2c1C(c1ccccc1)C(C#N)=C(N)O2. The van der Waals surface area contributed by atoms with Crippen LogP contribution in [0.1, 0.15) is 52.9 Å². The number of fused-ring (bicyclic) bond motifs is 1. The number of carboxylic acid groups (broad SMARTS) is 1. The second kappa shape index (κ2) is 7.41. The van der Waals surface area contributed by atoms with Crippen LogP contribution in [0, 0.1) is 11.3 Å². The van der Waals surface area contributed by atoms with E-state index >= 15 is 0 Å². The Balaban J connectivity index is 1.96. The number of ether oxygens (including phenoxy) is 1. The summed E-state index contributed by atoms with van der Waals surface area (Å²) in [6.45, 7) is 4.05. The maximum Gasteiger partial charge on any atom is 0.335 e. The van der Waals surface area contributed by atoms with Crippen LogP contribution >= 0.6 is 0 Å². The number of rotatable bonds is 4. The van der Waals surface area contributed by atoms with Gasteiger partial charge in [-0.1, -0.05) is 44.2 Å². The number of hydrogen-bond acceptors (Lipinski definition) is 5. The highest BCUT2D eigenvalue weighted by atomic mass is 16.5. The summed E-state index contributed by atoms with van der Waals surface area (Å²) in [4.78, 5) is 11.2. The summed E-state index contributed by atoms with van der Waals surface area (Å²) >= 11 is 0. The monoisotopic (exact) mass is 400 g/mol. The van der Waals surface area contributed by atoms with Gasteiger partial charge >= 0.3 is 5.97 Å². The van der Waals surface area contributed by atoms with Crippen molar-refractivity contribution < 1.29 is 14.6 Å². The van der Waals surface area contributed by atoms with Crippen LogP contribution in [0.2, 0.25) is 0 Å². The summed E-state index contributed by atoms with van der Waals surface area (Å²) in [5, 5.41) is 23.7. The lowest BCUT2D eigenvalue weighted by Gasteiger charge is -2.25. The topological polar surface area (TPSA) is 114 Å². The summed E-state index contributed by atoms with van der Waals surface area (Å²) in [6.07, 6.45) is 0. The molecule has 0 radical (unpaired) electrons. The van der Waals surface area contributed by atoms with Crippen LogP contribution in [-0.4, -0.2) is 20.9 Å². The van der Waals surface area contributed by atoms with Crippen molar-refractivity contribution in [1.29, 1.82) is 5.26 Å². The normalized spacial score (nSPS) is 15.5. The highest BCUT2D eigenvalue weighted by Crippen LogP contribution is 2.46. The van der Waals surface area contributed by atoms with Gasteiger partial charge in [-0.25, -0.2) is 9.48 Å². The molecule has 3 N–H and O–H groups in total. The van der Waals surface area contributed by atoms with Gasteiger partial charge in [-0.3, -0.25) is 0 Å². The number of aromatic nitrogens is 2. The van der Waals surface area contributed by atoms with Crippen molar-refractivity contribution in [3.8, 4) is 17.6 Å². The maximum atomic E-state index is 11.2. The van der Waals surface area contributed by atoms with E-state index in [0.717, 1.165) is 16.8 Å². The molecule has 2 heterocycles. The van der Waals surface area contributed by atoms with Gasteiger partial charge in [-0.05, 0) is 35.7 Å². The fourth-order valence-electron chi connectivity index (χ4n) is 3.69. The molecule has 30 heavy (non-hydrogen) atoms. The number of nitrogens with zero attached hydrogens (tertiary/aromatic N) is 3. The van der Waals surface area contributed by atoms with Crippen LogP contribution in [-0.2, 0) is 0 Å². The maximum absolute atomic E-state index is 11.2. The first-order valence-corrected chi connectivity index (χ1v) is 9.51. The van der Waals surface area contributed by atoms with Crippen LogP contribution in [0.25, 0.3) is 5.69 Å². The van der Waals surface area contributed by atoms with E-state index < -0.39 is 11.9 Å². The van der Waals surface area contributed by atoms with E-state index in [-0.39, 0.29) is 17.4 Å². The third kappa shape index (κ3) is 3.08. The Morgan fingerprint density at radius 3 is 2.43 bits per heavy atom. The summed E-state index contributed by atoms with van der Waals surface area (Å²) in [5.74, 6) is -0.862. The lowest BCUT2D eigenvalue weighted by Crippen LogP contribution is -2.22. The zero-order valence-corrected chi connectivity index (χ0v) is 16.5. The number of nitrogens with two attached hydrogens (primary N) is 1. The predicted octanol–water partition coefficient (Wildman–Crippen LogP) is 3.91. The lowest BCUT2D eigenvalue weighted by molar-refractivity contribution is 0.0697. The zero-order valence-electron chi connectivity index (χ0n) is 16.5. The van der Waals surface area contributed by atoms with Gasteiger partial charge in [0.05, 0.1) is 28.4 Å². The van der Waals surface area contributed by atoms with Crippen LogP contribution in [0.3, 0.4) is 0 Å². The molecule has 0 amide bonds. The minimum atomic E-state index is -1.00.